The zero-order chi connectivity index (χ0) is 9.68. The Morgan fingerprint density at radius 3 is 2.92 bits per heavy atom. The van der Waals surface area contributed by atoms with Crippen molar-refractivity contribution in [2.75, 3.05) is 7.05 Å². The molecule has 2 nitrogen and oxygen atoms in total. The van der Waals surface area contributed by atoms with Gasteiger partial charge in [0.2, 0.25) is 0 Å². The Hall–Kier alpha value is -0.960. The molecule has 3 heteroatoms. The highest BCUT2D eigenvalue weighted by Crippen LogP contribution is 2.06. The summed E-state index contributed by atoms with van der Waals surface area (Å²) in [6.07, 6.45) is 3.26. The van der Waals surface area contributed by atoms with Crippen LogP contribution >= 0.6 is 0 Å². The maximum atomic E-state index is 13.1. The highest BCUT2D eigenvalue weighted by atomic mass is 19.1. The fraction of sp³-hybridized carbons (Fsp3) is 0.500. The van der Waals surface area contributed by atoms with E-state index in [1.54, 1.807) is 12.3 Å². The van der Waals surface area contributed by atoms with Crippen molar-refractivity contribution in [3.63, 3.8) is 0 Å². The monoisotopic (exact) mass is 182 g/mol. The maximum Gasteiger partial charge on any atom is 0.144 e. The van der Waals surface area contributed by atoms with Gasteiger partial charge in [0.1, 0.15) is 5.82 Å². The number of hydrogen-bond acceptors (Lipinski definition) is 2. The maximum absolute atomic E-state index is 13.1. The lowest BCUT2D eigenvalue weighted by Gasteiger charge is -2.12. The Morgan fingerprint density at radius 1 is 1.62 bits per heavy atom. The Balaban J connectivity index is 2.67. The summed E-state index contributed by atoms with van der Waals surface area (Å²) in [6, 6.07) is 3.37. The van der Waals surface area contributed by atoms with Crippen molar-refractivity contribution < 1.29 is 4.39 Å². The van der Waals surface area contributed by atoms with Gasteiger partial charge in [-0.3, -0.25) is 4.98 Å². The van der Waals surface area contributed by atoms with E-state index in [1.807, 2.05) is 7.05 Å². The molecule has 0 amide bonds. The third-order valence-electron chi connectivity index (χ3n) is 2.18. The summed E-state index contributed by atoms with van der Waals surface area (Å²) in [5.41, 5.74) is 0.545. The molecule has 72 valence electrons. The van der Waals surface area contributed by atoms with Crippen LogP contribution in [0, 0.1) is 5.82 Å². The summed E-state index contributed by atoms with van der Waals surface area (Å²) in [7, 11) is 1.88. The Kier molecular flexibility index (Phi) is 3.83. The third-order valence-corrected chi connectivity index (χ3v) is 2.18. The summed E-state index contributed by atoms with van der Waals surface area (Å²) in [5.74, 6) is -0.212. The third kappa shape index (κ3) is 2.77. The Labute approximate surface area is 78.2 Å². The van der Waals surface area contributed by atoms with Gasteiger partial charge in [-0.1, -0.05) is 6.92 Å². The molecule has 0 aliphatic heterocycles. The molecular formula is C10H15FN2. The van der Waals surface area contributed by atoms with Crippen molar-refractivity contribution in [1.82, 2.24) is 10.3 Å². The number of hydrogen-bond donors (Lipinski definition) is 1. The first-order valence-electron chi connectivity index (χ1n) is 4.54. The second kappa shape index (κ2) is 4.92. The van der Waals surface area contributed by atoms with Gasteiger partial charge in [0.25, 0.3) is 0 Å². The topological polar surface area (TPSA) is 24.9 Å². The number of rotatable bonds is 4. The van der Waals surface area contributed by atoms with Crippen LogP contribution in [0.15, 0.2) is 18.3 Å². The average molecular weight is 182 g/mol. The van der Waals surface area contributed by atoms with Crippen LogP contribution in [-0.2, 0) is 6.42 Å². The summed E-state index contributed by atoms with van der Waals surface area (Å²) >= 11 is 0. The van der Waals surface area contributed by atoms with Gasteiger partial charge in [-0.15, -0.1) is 0 Å². The summed E-state index contributed by atoms with van der Waals surface area (Å²) in [5, 5.41) is 3.12. The molecule has 1 heterocycles. The van der Waals surface area contributed by atoms with Crippen molar-refractivity contribution in [3.05, 3.63) is 29.8 Å². The molecule has 0 radical (unpaired) electrons. The second-order valence-corrected chi connectivity index (χ2v) is 3.03. The summed E-state index contributed by atoms with van der Waals surface area (Å²) in [6.45, 7) is 2.07. The van der Waals surface area contributed by atoms with Gasteiger partial charge in [0.15, 0.2) is 0 Å². The van der Waals surface area contributed by atoms with E-state index in [-0.39, 0.29) is 5.82 Å². The minimum absolute atomic E-state index is 0.212. The zero-order valence-corrected chi connectivity index (χ0v) is 8.05. The van der Waals surface area contributed by atoms with Crippen LogP contribution in [0.25, 0.3) is 0 Å². The molecule has 13 heavy (non-hydrogen) atoms. The van der Waals surface area contributed by atoms with Crippen molar-refractivity contribution in [2.24, 2.45) is 0 Å². The number of aromatic nitrogens is 1. The first kappa shape index (κ1) is 10.1. The van der Waals surface area contributed by atoms with E-state index in [0.717, 1.165) is 6.42 Å². The molecule has 0 bridgehead atoms. The molecular weight excluding hydrogens is 167 g/mol. The molecule has 0 saturated carbocycles. The molecule has 1 N–H and O–H groups in total. The van der Waals surface area contributed by atoms with Crippen molar-refractivity contribution in [3.8, 4) is 0 Å². The number of likely N-dealkylation sites (N-methyl/N-ethyl adjacent to an activating group) is 1. The lowest BCUT2D eigenvalue weighted by atomic mass is 10.1. The molecule has 1 rings (SSSR count). The fourth-order valence-electron chi connectivity index (χ4n) is 1.25. The van der Waals surface area contributed by atoms with Gasteiger partial charge in [0.05, 0.1) is 5.69 Å². The first-order chi connectivity index (χ1) is 6.27. The molecule has 0 aliphatic rings. The molecule has 0 aliphatic carbocycles. The summed E-state index contributed by atoms with van der Waals surface area (Å²) in [4.78, 5) is 4.00. The van der Waals surface area contributed by atoms with Crippen LogP contribution in [0.4, 0.5) is 4.39 Å². The molecule has 0 saturated heterocycles. The van der Waals surface area contributed by atoms with Gasteiger partial charge >= 0.3 is 0 Å². The van der Waals surface area contributed by atoms with Crippen LogP contribution in [0.1, 0.15) is 19.0 Å². The van der Waals surface area contributed by atoms with Crippen molar-refractivity contribution in [1.29, 1.82) is 0 Å². The molecule has 0 aromatic carbocycles. The fourth-order valence-corrected chi connectivity index (χ4v) is 1.25. The predicted molar refractivity (Wildman–Crippen MR) is 51.0 cm³/mol. The van der Waals surface area contributed by atoms with Gasteiger partial charge < -0.3 is 5.32 Å². The van der Waals surface area contributed by atoms with Gasteiger partial charge in [-0.2, -0.15) is 0 Å². The molecule has 1 unspecified atom stereocenters. The molecule has 1 aromatic rings. The number of nitrogens with zero attached hydrogens (tertiary/aromatic N) is 1. The predicted octanol–water partition coefficient (Wildman–Crippen LogP) is 1.76. The van der Waals surface area contributed by atoms with Crippen LogP contribution < -0.4 is 5.32 Å². The second-order valence-electron chi connectivity index (χ2n) is 3.03. The quantitative estimate of drug-likeness (QED) is 0.767. The van der Waals surface area contributed by atoms with Crippen molar-refractivity contribution in [2.45, 2.75) is 25.8 Å². The largest absolute Gasteiger partial charge is 0.317 e. The highest BCUT2D eigenvalue weighted by molar-refractivity contribution is 5.08. The van der Waals surface area contributed by atoms with Crippen molar-refractivity contribution >= 4 is 0 Å². The molecule has 1 aromatic heterocycles. The van der Waals surface area contributed by atoms with Crippen LogP contribution in [0.2, 0.25) is 0 Å². The van der Waals surface area contributed by atoms with E-state index in [1.165, 1.54) is 6.07 Å². The average Bonchev–Trinajstić information content (AvgIpc) is 2.17. The van der Waals surface area contributed by atoms with Gasteiger partial charge in [-0.05, 0) is 25.6 Å². The Morgan fingerprint density at radius 2 is 2.38 bits per heavy atom. The summed E-state index contributed by atoms with van der Waals surface area (Å²) < 4.78 is 13.1. The van der Waals surface area contributed by atoms with Crippen LogP contribution in [-0.4, -0.2) is 18.1 Å². The van der Waals surface area contributed by atoms with E-state index in [4.69, 9.17) is 0 Å². The molecule has 0 spiro atoms. The van der Waals surface area contributed by atoms with E-state index in [9.17, 15) is 4.39 Å². The smallest absolute Gasteiger partial charge is 0.144 e. The molecule has 1 atom stereocenters. The standard InChI is InChI=1S/C10H15FN2/c1-3-8(12-2)7-10-9(11)5-4-6-13-10/h4-6,8,12H,3,7H2,1-2H3. The van der Waals surface area contributed by atoms with Gasteiger partial charge in [0, 0.05) is 18.7 Å². The van der Waals surface area contributed by atoms with Gasteiger partial charge in [-0.25, -0.2) is 4.39 Å². The SMILES string of the molecule is CCC(Cc1ncccc1F)NC. The van der Waals surface area contributed by atoms with E-state index in [0.29, 0.717) is 18.2 Å². The van der Waals surface area contributed by atoms with E-state index in [2.05, 4.69) is 17.2 Å². The van der Waals surface area contributed by atoms with Crippen LogP contribution in [0.5, 0.6) is 0 Å². The minimum Gasteiger partial charge on any atom is -0.317 e. The minimum atomic E-state index is -0.212. The molecule has 0 fully saturated rings. The zero-order valence-electron chi connectivity index (χ0n) is 8.05. The Bertz CT molecular complexity index is 259. The lowest BCUT2D eigenvalue weighted by Crippen LogP contribution is -2.27. The normalized spacial score (nSPS) is 12.8. The van der Waals surface area contributed by atoms with E-state index < -0.39 is 0 Å². The lowest BCUT2D eigenvalue weighted by molar-refractivity contribution is 0.513. The van der Waals surface area contributed by atoms with E-state index >= 15 is 0 Å². The number of nitrogens with one attached hydrogen (secondary N) is 1. The highest BCUT2D eigenvalue weighted by Gasteiger charge is 2.08. The number of pyridine rings is 1. The van der Waals surface area contributed by atoms with Crippen LogP contribution in [0.3, 0.4) is 0 Å². The first-order valence-corrected chi connectivity index (χ1v) is 4.54. The number of halogens is 1.